The Morgan fingerprint density at radius 3 is 2.82 bits per heavy atom. The van der Waals surface area contributed by atoms with E-state index in [2.05, 4.69) is 12.2 Å². The summed E-state index contributed by atoms with van der Waals surface area (Å²) in [6, 6.07) is 5.47. The number of carbonyl (C=O) groups is 1. The maximum Gasteiger partial charge on any atom is 0.252 e. The molecule has 0 aromatic heterocycles. The second-order valence-corrected chi connectivity index (χ2v) is 5.30. The number of nitrogens with one attached hydrogen (secondary N) is 1. The van der Waals surface area contributed by atoms with Crippen molar-refractivity contribution < 1.29 is 9.53 Å². The van der Waals surface area contributed by atoms with Gasteiger partial charge in [0.2, 0.25) is 0 Å². The van der Waals surface area contributed by atoms with Gasteiger partial charge in [0.1, 0.15) is 0 Å². The van der Waals surface area contributed by atoms with Crippen molar-refractivity contribution in [1.29, 1.82) is 0 Å². The Kier molecular flexibility index (Phi) is 3.40. The zero-order valence-corrected chi connectivity index (χ0v) is 10.8. The Bertz CT molecular complexity index is 441. The number of hydrogen-bond donors (Lipinski definition) is 1. The fraction of sp³-hybridized carbons (Fsp3) is 0.462. The molecule has 17 heavy (non-hydrogen) atoms. The van der Waals surface area contributed by atoms with Gasteiger partial charge in [-0.2, -0.15) is 0 Å². The minimum Gasteiger partial charge on any atom is -0.380 e. The number of amides is 1. The van der Waals surface area contributed by atoms with Crippen molar-refractivity contribution >= 4 is 17.5 Å². The Balaban J connectivity index is 2.02. The summed E-state index contributed by atoms with van der Waals surface area (Å²) >= 11 is 6.10. The minimum absolute atomic E-state index is 0.0754. The van der Waals surface area contributed by atoms with Gasteiger partial charge in [-0.3, -0.25) is 4.79 Å². The van der Waals surface area contributed by atoms with Gasteiger partial charge >= 0.3 is 0 Å². The molecule has 0 atom stereocenters. The lowest BCUT2D eigenvalue weighted by Crippen LogP contribution is -2.48. The Hall–Kier alpha value is -1.06. The second-order valence-electron chi connectivity index (χ2n) is 4.92. The Morgan fingerprint density at radius 2 is 2.24 bits per heavy atom. The van der Waals surface area contributed by atoms with Crippen LogP contribution in [0.15, 0.2) is 18.2 Å². The van der Waals surface area contributed by atoms with Crippen LogP contribution < -0.4 is 5.32 Å². The van der Waals surface area contributed by atoms with E-state index in [4.69, 9.17) is 16.3 Å². The molecule has 0 saturated carbocycles. The third-order valence-corrected chi connectivity index (χ3v) is 3.51. The summed E-state index contributed by atoms with van der Waals surface area (Å²) in [5, 5.41) is 3.43. The van der Waals surface area contributed by atoms with Gasteiger partial charge in [-0.1, -0.05) is 30.7 Å². The summed E-state index contributed by atoms with van der Waals surface area (Å²) in [7, 11) is 0. The van der Waals surface area contributed by atoms with Crippen LogP contribution >= 0.6 is 11.6 Å². The highest BCUT2D eigenvalue weighted by Gasteiger charge is 2.33. The van der Waals surface area contributed by atoms with E-state index in [1.54, 1.807) is 6.07 Å². The van der Waals surface area contributed by atoms with Gasteiger partial charge in [-0.05, 0) is 18.6 Å². The van der Waals surface area contributed by atoms with Crippen molar-refractivity contribution in [2.24, 2.45) is 5.41 Å². The number of halogens is 1. The molecule has 1 aromatic rings. The highest BCUT2D eigenvalue weighted by atomic mass is 35.5. The number of aryl methyl sites for hydroxylation is 1. The van der Waals surface area contributed by atoms with Gasteiger partial charge in [0.25, 0.3) is 5.91 Å². The standard InChI is InChI=1S/C13H16ClNO2/c1-9-4-3-5-10(11(9)14)12(16)15-6-13(2)7-17-8-13/h3-5H,6-8H2,1-2H3,(H,15,16). The fourth-order valence-corrected chi connectivity index (χ4v) is 1.98. The number of hydrogen-bond acceptors (Lipinski definition) is 2. The average molecular weight is 254 g/mol. The van der Waals surface area contributed by atoms with Crippen molar-refractivity contribution in [2.45, 2.75) is 13.8 Å². The lowest BCUT2D eigenvalue weighted by molar-refractivity contribution is -0.0978. The van der Waals surface area contributed by atoms with E-state index in [1.807, 2.05) is 19.1 Å². The molecule has 1 saturated heterocycles. The maximum absolute atomic E-state index is 12.0. The van der Waals surface area contributed by atoms with Crippen LogP contribution in [0.2, 0.25) is 5.02 Å². The average Bonchev–Trinajstić information content (AvgIpc) is 2.27. The van der Waals surface area contributed by atoms with Gasteiger partial charge < -0.3 is 10.1 Å². The van der Waals surface area contributed by atoms with Crippen LogP contribution in [0.4, 0.5) is 0 Å². The van der Waals surface area contributed by atoms with Crippen LogP contribution in [0.25, 0.3) is 0 Å². The first-order chi connectivity index (χ1) is 8.02. The molecule has 2 rings (SSSR count). The molecule has 0 unspecified atom stereocenters. The molecular weight excluding hydrogens is 238 g/mol. The first kappa shape index (κ1) is 12.4. The third kappa shape index (κ3) is 2.61. The van der Waals surface area contributed by atoms with Crippen LogP contribution in [0.5, 0.6) is 0 Å². The van der Waals surface area contributed by atoms with Crippen molar-refractivity contribution in [2.75, 3.05) is 19.8 Å². The molecular formula is C13H16ClNO2. The third-order valence-electron chi connectivity index (χ3n) is 3.01. The van der Waals surface area contributed by atoms with E-state index in [0.717, 1.165) is 5.56 Å². The first-order valence-corrected chi connectivity index (χ1v) is 6.01. The Labute approximate surface area is 106 Å². The molecule has 1 aromatic carbocycles. The molecule has 0 bridgehead atoms. The van der Waals surface area contributed by atoms with Gasteiger partial charge in [0.05, 0.1) is 23.8 Å². The van der Waals surface area contributed by atoms with Crippen LogP contribution in [0, 0.1) is 12.3 Å². The quantitative estimate of drug-likeness (QED) is 0.899. The van der Waals surface area contributed by atoms with E-state index in [0.29, 0.717) is 30.3 Å². The molecule has 0 aliphatic carbocycles. The molecule has 0 radical (unpaired) electrons. The molecule has 1 fully saturated rings. The molecule has 1 aliphatic heterocycles. The highest BCUT2D eigenvalue weighted by molar-refractivity contribution is 6.34. The van der Waals surface area contributed by atoms with E-state index in [9.17, 15) is 4.79 Å². The Morgan fingerprint density at radius 1 is 1.53 bits per heavy atom. The van der Waals surface area contributed by atoms with Gasteiger partial charge in [0.15, 0.2) is 0 Å². The second kappa shape index (κ2) is 4.67. The smallest absolute Gasteiger partial charge is 0.252 e. The lowest BCUT2D eigenvalue weighted by Gasteiger charge is -2.38. The van der Waals surface area contributed by atoms with Gasteiger partial charge in [-0.25, -0.2) is 0 Å². The van der Waals surface area contributed by atoms with Crippen molar-refractivity contribution in [3.8, 4) is 0 Å². The van der Waals surface area contributed by atoms with Crippen molar-refractivity contribution in [3.63, 3.8) is 0 Å². The number of carbonyl (C=O) groups excluding carboxylic acids is 1. The SMILES string of the molecule is Cc1cccc(C(=O)NCC2(C)COC2)c1Cl. The molecule has 1 amide bonds. The lowest BCUT2D eigenvalue weighted by atomic mass is 9.88. The van der Waals surface area contributed by atoms with E-state index < -0.39 is 0 Å². The van der Waals surface area contributed by atoms with E-state index in [1.165, 1.54) is 0 Å². The predicted octanol–water partition coefficient (Wildman–Crippen LogP) is 2.41. The molecule has 92 valence electrons. The summed E-state index contributed by atoms with van der Waals surface area (Å²) in [6.07, 6.45) is 0. The van der Waals surface area contributed by atoms with Crippen LogP contribution in [0.1, 0.15) is 22.8 Å². The van der Waals surface area contributed by atoms with Crippen LogP contribution in [0.3, 0.4) is 0 Å². The largest absolute Gasteiger partial charge is 0.380 e. The summed E-state index contributed by atoms with van der Waals surface area (Å²) < 4.78 is 5.14. The predicted molar refractivity (Wildman–Crippen MR) is 67.4 cm³/mol. The molecule has 0 spiro atoms. The van der Waals surface area contributed by atoms with Gasteiger partial charge in [-0.15, -0.1) is 0 Å². The summed E-state index contributed by atoms with van der Waals surface area (Å²) in [6.45, 7) is 6.01. The summed E-state index contributed by atoms with van der Waals surface area (Å²) in [5.74, 6) is -0.119. The normalized spacial score (nSPS) is 17.4. The number of benzene rings is 1. The summed E-state index contributed by atoms with van der Waals surface area (Å²) in [5.41, 5.74) is 1.53. The van der Waals surface area contributed by atoms with E-state index >= 15 is 0 Å². The van der Waals surface area contributed by atoms with Crippen LogP contribution in [-0.2, 0) is 4.74 Å². The highest BCUT2D eigenvalue weighted by Crippen LogP contribution is 2.26. The monoisotopic (exact) mass is 253 g/mol. The molecule has 4 heteroatoms. The van der Waals surface area contributed by atoms with Gasteiger partial charge in [0, 0.05) is 12.0 Å². The number of rotatable bonds is 3. The maximum atomic E-state index is 12.0. The van der Waals surface area contributed by atoms with Crippen molar-refractivity contribution in [3.05, 3.63) is 34.3 Å². The molecule has 1 N–H and O–H groups in total. The summed E-state index contributed by atoms with van der Waals surface area (Å²) in [4.78, 5) is 12.0. The topological polar surface area (TPSA) is 38.3 Å². The van der Waals surface area contributed by atoms with E-state index in [-0.39, 0.29) is 11.3 Å². The minimum atomic E-state index is -0.119. The van der Waals surface area contributed by atoms with Crippen LogP contribution in [-0.4, -0.2) is 25.7 Å². The zero-order valence-electron chi connectivity index (χ0n) is 10.0. The first-order valence-electron chi connectivity index (χ1n) is 5.63. The molecule has 1 aliphatic rings. The molecule has 1 heterocycles. The zero-order chi connectivity index (χ0) is 12.5. The fourth-order valence-electron chi connectivity index (χ4n) is 1.76. The van der Waals surface area contributed by atoms with Crippen molar-refractivity contribution in [1.82, 2.24) is 5.32 Å². The number of ether oxygens (including phenoxy) is 1. The molecule has 3 nitrogen and oxygen atoms in total.